The van der Waals surface area contributed by atoms with Crippen molar-refractivity contribution < 1.29 is 24.6 Å². The Hall–Kier alpha value is -2.41. The first-order chi connectivity index (χ1) is 10.0. The molecule has 2 rings (SSSR count). The minimum absolute atomic E-state index is 0.133. The molecule has 0 saturated heterocycles. The molecular weight excluding hydrogens is 276 g/mol. The van der Waals surface area contributed by atoms with Crippen LogP contribution in [-0.2, 0) is 9.59 Å². The van der Waals surface area contributed by atoms with E-state index in [2.05, 4.69) is 10.6 Å². The molecule has 0 radical (unpaired) electrons. The van der Waals surface area contributed by atoms with Gasteiger partial charge in [-0.15, -0.1) is 0 Å². The number of aliphatic hydroxyl groups excluding tert-OH is 1. The van der Waals surface area contributed by atoms with Crippen LogP contribution < -0.4 is 10.6 Å². The van der Waals surface area contributed by atoms with E-state index in [1.54, 1.807) is 24.3 Å². The van der Waals surface area contributed by atoms with Gasteiger partial charge in [0, 0.05) is 17.8 Å². The van der Waals surface area contributed by atoms with E-state index in [0.29, 0.717) is 17.7 Å². The Morgan fingerprint density at radius 1 is 1.14 bits per heavy atom. The number of benzene rings is 1. The molecule has 0 bridgehead atoms. The average Bonchev–Trinajstić information content (AvgIpc) is 3.26. The topological polar surface area (TPSA) is 116 Å². The van der Waals surface area contributed by atoms with E-state index < -0.39 is 17.8 Å². The Balaban J connectivity index is 1.89. The molecule has 1 saturated carbocycles. The number of carboxylic acid groups (broad SMARTS) is 1. The van der Waals surface area contributed by atoms with Gasteiger partial charge in [-0.3, -0.25) is 14.4 Å². The molecule has 4 N–H and O–H groups in total. The maximum Gasteiger partial charge on any atom is 0.307 e. The Kier molecular flexibility index (Phi) is 4.54. The standard InChI is InChI=1S/C14H16N2O5/c17-6-5-15-12(18)8-1-3-9(4-2-8)16-13(19)10-7-11(10)14(20)21/h1-4,10-11,17H,5-7H2,(H,15,18)(H,16,19)(H,20,21)/t10-,11+/m1/s1. The molecule has 0 heterocycles. The molecule has 1 aliphatic rings. The van der Waals surface area contributed by atoms with Gasteiger partial charge >= 0.3 is 5.97 Å². The Morgan fingerprint density at radius 2 is 1.81 bits per heavy atom. The number of aliphatic carboxylic acids is 1. The molecule has 7 nitrogen and oxygen atoms in total. The zero-order valence-corrected chi connectivity index (χ0v) is 11.2. The van der Waals surface area contributed by atoms with E-state index in [-0.39, 0.29) is 25.0 Å². The summed E-state index contributed by atoms with van der Waals surface area (Å²) in [5, 5.41) is 22.5. The molecule has 0 aromatic heterocycles. The number of carboxylic acids is 1. The fourth-order valence-corrected chi connectivity index (χ4v) is 1.97. The highest BCUT2D eigenvalue weighted by Gasteiger charge is 2.48. The van der Waals surface area contributed by atoms with Gasteiger partial charge in [-0.1, -0.05) is 0 Å². The molecule has 2 atom stereocenters. The monoisotopic (exact) mass is 292 g/mol. The largest absolute Gasteiger partial charge is 0.481 e. The van der Waals surface area contributed by atoms with Crippen LogP contribution in [0.1, 0.15) is 16.8 Å². The van der Waals surface area contributed by atoms with Crippen LogP contribution in [0, 0.1) is 11.8 Å². The minimum Gasteiger partial charge on any atom is -0.481 e. The zero-order valence-electron chi connectivity index (χ0n) is 11.2. The molecule has 1 aromatic rings. The SMILES string of the molecule is O=C(NCCO)c1ccc(NC(=O)[C@@H]2C[C@@H]2C(=O)O)cc1. The van der Waals surface area contributed by atoms with Crippen LogP contribution in [0.15, 0.2) is 24.3 Å². The Labute approximate surface area is 121 Å². The van der Waals surface area contributed by atoms with Crippen LogP contribution in [0.3, 0.4) is 0 Å². The second-order valence-electron chi connectivity index (χ2n) is 4.83. The van der Waals surface area contributed by atoms with E-state index >= 15 is 0 Å². The molecule has 0 unspecified atom stereocenters. The molecule has 21 heavy (non-hydrogen) atoms. The van der Waals surface area contributed by atoms with E-state index in [9.17, 15) is 14.4 Å². The highest BCUT2D eigenvalue weighted by atomic mass is 16.4. The number of amides is 2. The van der Waals surface area contributed by atoms with E-state index in [1.165, 1.54) is 0 Å². The van der Waals surface area contributed by atoms with Crippen LogP contribution >= 0.6 is 0 Å². The fraction of sp³-hybridized carbons (Fsp3) is 0.357. The van der Waals surface area contributed by atoms with Crippen LogP contribution in [0.4, 0.5) is 5.69 Å². The second kappa shape index (κ2) is 6.36. The van der Waals surface area contributed by atoms with Crippen molar-refractivity contribution in [3.8, 4) is 0 Å². The van der Waals surface area contributed by atoms with Gasteiger partial charge in [0.25, 0.3) is 5.91 Å². The van der Waals surface area contributed by atoms with Gasteiger partial charge in [-0.25, -0.2) is 0 Å². The summed E-state index contributed by atoms with van der Waals surface area (Å²) in [5.41, 5.74) is 0.922. The summed E-state index contributed by atoms with van der Waals surface area (Å²) in [6.07, 6.45) is 0.364. The predicted octanol–water partition coefficient (Wildman–Crippen LogP) is 0.0679. The number of hydrogen-bond donors (Lipinski definition) is 4. The zero-order chi connectivity index (χ0) is 15.4. The molecule has 1 fully saturated rings. The van der Waals surface area contributed by atoms with Crippen molar-refractivity contribution in [1.82, 2.24) is 5.32 Å². The normalized spacial score (nSPS) is 19.7. The predicted molar refractivity (Wildman–Crippen MR) is 73.7 cm³/mol. The first-order valence-electron chi connectivity index (χ1n) is 6.55. The summed E-state index contributed by atoms with van der Waals surface area (Å²) in [4.78, 5) is 34.1. The third-order valence-corrected chi connectivity index (χ3v) is 3.26. The molecular formula is C14H16N2O5. The molecule has 0 aliphatic heterocycles. The maximum atomic E-state index is 11.8. The summed E-state index contributed by atoms with van der Waals surface area (Å²) >= 11 is 0. The summed E-state index contributed by atoms with van der Waals surface area (Å²) in [7, 11) is 0. The van der Waals surface area contributed by atoms with Crippen molar-refractivity contribution in [2.24, 2.45) is 11.8 Å². The summed E-state index contributed by atoms with van der Waals surface area (Å²) in [6, 6.07) is 6.24. The first kappa shape index (κ1) is 15.0. The fourth-order valence-electron chi connectivity index (χ4n) is 1.97. The number of carbonyl (C=O) groups is 3. The van der Waals surface area contributed by atoms with Gasteiger partial charge in [-0.2, -0.15) is 0 Å². The van der Waals surface area contributed by atoms with Crippen molar-refractivity contribution in [2.45, 2.75) is 6.42 Å². The van der Waals surface area contributed by atoms with Crippen molar-refractivity contribution in [1.29, 1.82) is 0 Å². The lowest BCUT2D eigenvalue weighted by atomic mass is 10.2. The third-order valence-electron chi connectivity index (χ3n) is 3.26. The van der Waals surface area contributed by atoms with Gasteiger partial charge in [0.1, 0.15) is 0 Å². The van der Waals surface area contributed by atoms with E-state index in [1.807, 2.05) is 0 Å². The second-order valence-corrected chi connectivity index (χ2v) is 4.83. The molecule has 112 valence electrons. The maximum absolute atomic E-state index is 11.8. The lowest BCUT2D eigenvalue weighted by molar-refractivity contribution is -0.139. The van der Waals surface area contributed by atoms with Crippen LogP contribution in [0.5, 0.6) is 0 Å². The van der Waals surface area contributed by atoms with Crippen LogP contribution in [-0.4, -0.2) is 41.1 Å². The molecule has 2 amide bonds. The Bertz CT molecular complexity index is 555. The number of carbonyl (C=O) groups excluding carboxylic acids is 2. The molecule has 1 aromatic carbocycles. The smallest absolute Gasteiger partial charge is 0.307 e. The van der Waals surface area contributed by atoms with E-state index in [0.717, 1.165) is 0 Å². The van der Waals surface area contributed by atoms with Crippen LogP contribution in [0.2, 0.25) is 0 Å². The number of hydrogen-bond acceptors (Lipinski definition) is 4. The van der Waals surface area contributed by atoms with Crippen molar-refractivity contribution in [3.63, 3.8) is 0 Å². The lowest BCUT2D eigenvalue weighted by Crippen LogP contribution is -2.26. The van der Waals surface area contributed by atoms with Crippen molar-refractivity contribution in [2.75, 3.05) is 18.5 Å². The minimum atomic E-state index is -0.953. The highest BCUT2D eigenvalue weighted by molar-refractivity contribution is 5.99. The summed E-state index contributed by atoms with van der Waals surface area (Å²) < 4.78 is 0. The quantitative estimate of drug-likeness (QED) is 0.592. The Morgan fingerprint density at radius 3 is 2.33 bits per heavy atom. The van der Waals surface area contributed by atoms with E-state index in [4.69, 9.17) is 10.2 Å². The number of nitrogens with one attached hydrogen (secondary N) is 2. The number of rotatable bonds is 6. The average molecular weight is 292 g/mol. The van der Waals surface area contributed by atoms with Crippen LogP contribution in [0.25, 0.3) is 0 Å². The number of anilines is 1. The number of aliphatic hydroxyl groups is 1. The molecule has 0 spiro atoms. The molecule has 7 heteroatoms. The van der Waals surface area contributed by atoms with Gasteiger partial charge in [0.05, 0.1) is 18.4 Å². The molecule has 1 aliphatic carbocycles. The van der Waals surface area contributed by atoms with Gasteiger partial charge in [0.2, 0.25) is 5.91 Å². The highest BCUT2D eigenvalue weighted by Crippen LogP contribution is 2.39. The van der Waals surface area contributed by atoms with Gasteiger partial charge < -0.3 is 20.8 Å². The third kappa shape index (κ3) is 3.79. The lowest BCUT2D eigenvalue weighted by Gasteiger charge is -2.06. The first-order valence-corrected chi connectivity index (χ1v) is 6.55. The van der Waals surface area contributed by atoms with Crippen molar-refractivity contribution >= 4 is 23.5 Å². The van der Waals surface area contributed by atoms with Gasteiger partial charge in [0.15, 0.2) is 0 Å². The van der Waals surface area contributed by atoms with Crippen molar-refractivity contribution in [3.05, 3.63) is 29.8 Å². The summed E-state index contributed by atoms with van der Waals surface area (Å²) in [6.45, 7) is 0.0432. The van der Waals surface area contributed by atoms with Gasteiger partial charge in [-0.05, 0) is 30.7 Å². The summed E-state index contributed by atoms with van der Waals surface area (Å²) in [5.74, 6) is -2.65.